The van der Waals surface area contributed by atoms with Gasteiger partial charge >= 0.3 is 0 Å². The molecule has 0 saturated carbocycles. The van der Waals surface area contributed by atoms with E-state index >= 15 is 0 Å². The molecule has 2 aromatic carbocycles. The molecule has 26 heavy (non-hydrogen) atoms. The van der Waals surface area contributed by atoms with Crippen LogP contribution in [0.1, 0.15) is 5.56 Å². The van der Waals surface area contributed by atoms with Crippen LogP contribution in [0.5, 0.6) is 0 Å². The molecule has 6 heteroatoms. The smallest absolute Gasteiger partial charge is 0.196 e. The molecular weight excluding hydrogens is 408 g/mol. The molecule has 0 spiro atoms. The second-order valence-electron chi connectivity index (χ2n) is 5.63. The first-order valence-electron chi connectivity index (χ1n) is 8.10. The summed E-state index contributed by atoms with van der Waals surface area (Å²) in [6.45, 7) is 0. The lowest BCUT2D eigenvalue weighted by molar-refractivity contribution is 0.885. The highest BCUT2D eigenvalue weighted by molar-refractivity contribution is 9.10. The van der Waals surface area contributed by atoms with E-state index in [9.17, 15) is 0 Å². The molecule has 0 aliphatic rings. The third kappa shape index (κ3) is 3.71. The Hall–Kier alpha value is -2.44. The third-order valence-corrected chi connectivity index (χ3v) is 5.38. The maximum atomic E-state index is 4.44. The summed E-state index contributed by atoms with van der Waals surface area (Å²) >= 11 is 5.17. The maximum Gasteiger partial charge on any atom is 0.196 e. The highest BCUT2D eigenvalue weighted by atomic mass is 79.9. The summed E-state index contributed by atoms with van der Waals surface area (Å²) < 4.78 is 3.12. The Bertz CT molecular complexity index is 986. The molecule has 4 nitrogen and oxygen atoms in total. The minimum absolute atomic E-state index is 0.788. The van der Waals surface area contributed by atoms with Gasteiger partial charge in [-0.25, -0.2) is 0 Å². The zero-order valence-corrected chi connectivity index (χ0v) is 16.2. The van der Waals surface area contributed by atoms with E-state index in [2.05, 4.69) is 72.1 Å². The number of benzene rings is 2. The molecule has 2 aromatic heterocycles. The van der Waals surface area contributed by atoms with E-state index < -0.39 is 0 Å². The number of rotatable bonds is 5. The number of aromatic nitrogens is 4. The van der Waals surface area contributed by atoms with Crippen molar-refractivity contribution < 1.29 is 0 Å². The van der Waals surface area contributed by atoms with E-state index in [1.165, 1.54) is 5.56 Å². The Morgan fingerprint density at radius 1 is 0.885 bits per heavy atom. The molecule has 0 radical (unpaired) electrons. The zero-order valence-electron chi connectivity index (χ0n) is 13.8. The fourth-order valence-corrected chi connectivity index (χ4v) is 3.76. The van der Waals surface area contributed by atoms with Crippen molar-refractivity contribution in [2.45, 2.75) is 10.9 Å². The molecule has 0 amide bonds. The maximum absolute atomic E-state index is 4.44. The van der Waals surface area contributed by atoms with Gasteiger partial charge in [-0.05, 0) is 42.0 Å². The van der Waals surface area contributed by atoms with Gasteiger partial charge in [0.15, 0.2) is 11.0 Å². The van der Waals surface area contributed by atoms with Crippen molar-refractivity contribution in [2.24, 2.45) is 0 Å². The summed E-state index contributed by atoms with van der Waals surface area (Å²) in [7, 11) is 0. The van der Waals surface area contributed by atoms with Crippen LogP contribution >= 0.6 is 27.7 Å². The molecule has 0 saturated heterocycles. The lowest BCUT2D eigenvalue weighted by Gasteiger charge is -2.10. The molecule has 4 aromatic rings. The Morgan fingerprint density at radius 2 is 1.69 bits per heavy atom. The number of nitrogens with zero attached hydrogens (tertiary/aromatic N) is 4. The van der Waals surface area contributed by atoms with Gasteiger partial charge in [-0.1, -0.05) is 58.0 Å². The molecule has 0 aliphatic heterocycles. The summed E-state index contributed by atoms with van der Waals surface area (Å²) in [6.07, 6.45) is 3.57. The van der Waals surface area contributed by atoms with Crippen molar-refractivity contribution in [1.82, 2.24) is 19.7 Å². The number of pyridine rings is 1. The molecule has 0 fully saturated rings. The second-order valence-corrected chi connectivity index (χ2v) is 7.49. The van der Waals surface area contributed by atoms with Crippen LogP contribution in [0.15, 0.2) is 88.8 Å². The van der Waals surface area contributed by atoms with Crippen LogP contribution < -0.4 is 0 Å². The van der Waals surface area contributed by atoms with E-state index in [0.29, 0.717) is 0 Å². The number of halogens is 1. The fourth-order valence-electron chi connectivity index (χ4n) is 2.59. The average Bonchev–Trinajstić information content (AvgIpc) is 3.12. The molecule has 0 unspecified atom stereocenters. The zero-order chi connectivity index (χ0) is 17.8. The van der Waals surface area contributed by atoms with Crippen LogP contribution in [-0.4, -0.2) is 19.7 Å². The Kier molecular flexibility index (Phi) is 5.13. The second kappa shape index (κ2) is 7.85. The van der Waals surface area contributed by atoms with Crippen LogP contribution in [0.25, 0.3) is 17.1 Å². The van der Waals surface area contributed by atoms with Crippen molar-refractivity contribution in [3.05, 3.63) is 89.2 Å². The van der Waals surface area contributed by atoms with Crippen molar-refractivity contribution in [3.8, 4) is 17.1 Å². The van der Waals surface area contributed by atoms with E-state index in [4.69, 9.17) is 0 Å². The molecular formula is C20H15BrN4S. The van der Waals surface area contributed by atoms with Crippen LogP contribution in [0, 0.1) is 0 Å². The summed E-state index contributed by atoms with van der Waals surface area (Å²) in [5.41, 5.74) is 3.22. The largest absolute Gasteiger partial charge is 0.270 e. The quantitative estimate of drug-likeness (QED) is 0.404. The van der Waals surface area contributed by atoms with Crippen LogP contribution in [0.2, 0.25) is 0 Å². The van der Waals surface area contributed by atoms with Crippen molar-refractivity contribution in [2.75, 3.05) is 0 Å². The van der Waals surface area contributed by atoms with E-state index in [-0.39, 0.29) is 0 Å². The van der Waals surface area contributed by atoms with Crippen LogP contribution in [0.3, 0.4) is 0 Å². The topological polar surface area (TPSA) is 43.6 Å². The fraction of sp³-hybridized carbons (Fsp3) is 0.0500. The van der Waals surface area contributed by atoms with Crippen molar-refractivity contribution >= 4 is 27.7 Å². The highest BCUT2D eigenvalue weighted by Crippen LogP contribution is 2.29. The summed E-state index contributed by atoms with van der Waals surface area (Å²) in [4.78, 5) is 4.22. The Morgan fingerprint density at radius 3 is 2.42 bits per heavy atom. The molecule has 4 rings (SSSR count). The van der Waals surface area contributed by atoms with Gasteiger partial charge in [-0.2, -0.15) is 0 Å². The first-order valence-corrected chi connectivity index (χ1v) is 9.87. The van der Waals surface area contributed by atoms with Crippen LogP contribution in [0.4, 0.5) is 0 Å². The van der Waals surface area contributed by atoms with Crippen molar-refractivity contribution in [3.63, 3.8) is 0 Å². The molecule has 0 aliphatic carbocycles. The van der Waals surface area contributed by atoms with Gasteiger partial charge in [0.05, 0.1) is 0 Å². The van der Waals surface area contributed by atoms with Gasteiger partial charge in [-0.15, -0.1) is 10.2 Å². The SMILES string of the molecule is Brc1ccc(-n2c(SCc3ccccc3)nnc2-c2cccnc2)cc1. The minimum Gasteiger partial charge on any atom is -0.270 e. The predicted molar refractivity (Wildman–Crippen MR) is 108 cm³/mol. The normalized spacial score (nSPS) is 10.8. The van der Waals surface area contributed by atoms with Crippen molar-refractivity contribution in [1.29, 1.82) is 0 Å². The lowest BCUT2D eigenvalue weighted by atomic mass is 10.2. The van der Waals surface area contributed by atoms with Gasteiger partial charge in [0.2, 0.25) is 0 Å². The summed E-state index contributed by atoms with van der Waals surface area (Å²) in [5.74, 6) is 1.62. The molecule has 0 atom stereocenters. The minimum atomic E-state index is 0.788. The highest BCUT2D eigenvalue weighted by Gasteiger charge is 2.16. The first kappa shape index (κ1) is 17.0. The Labute approximate surface area is 164 Å². The summed E-state index contributed by atoms with van der Waals surface area (Å²) in [6, 6.07) is 22.4. The first-order chi connectivity index (χ1) is 12.8. The molecule has 0 bridgehead atoms. The van der Waals surface area contributed by atoms with Gasteiger partial charge < -0.3 is 0 Å². The number of hydrogen-bond donors (Lipinski definition) is 0. The monoisotopic (exact) mass is 422 g/mol. The van der Waals surface area contributed by atoms with Gasteiger partial charge in [0.25, 0.3) is 0 Å². The summed E-state index contributed by atoms with van der Waals surface area (Å²) in [5, 5.41) is 9.74. The predicted octanol–water partition coefficient (Wildman–Crippen LogP) is 5.38. The number of thioether (sulfide) groups is 1. The number of hydrogen-bond acceptors (Lipinski definition) is 4. The van der Waals surface area contributed by atoms with Gasteiger partial charge in [0.1, 0.15) is 0 Å². The molecule has 0 N–H and O–H groups in total. The Balaban J connectivity index is 1.74. The standard InChI is InChI=1S/C20H15BrN4S/c21-17-8-10-18(11-9-17)25-19(16-7-4-12-22-13-16)23-24-20(25)26-14-15-5-2-1-3-6-15/h1-13H,14H2. The molecule has 2 heterocycles. The average molecular weight is 423 g/mol. The van der Waals surface area contributed by atoms with Gasteiger partial charge in [-0.3, -0.25) is 9.55 Å². The van der Waals surface area contributed by atoms with E-state index in [1.807, 2.05) is 36.5 Å². The van der Waals surface area contributed by atoms with E-state index in [0.717, 1.165) is 32.5 Å². The third-order valence-electron chi connectivity index (χ3n) is 3.85. The molecule has 128 valence electrons. The lowest BCUT2D eigenvalue weighted by Crippen LogP contribution is -2.00. The van der Waals surface area contributed by atoms with Gasteiger partial charge in [0, 0.05) is 33.9 Å². The van der Waals surface area contributed by atoms with Crippen LogP contribution in [-0.2, 0) is 5.75 Å². The van der Waals surface area contributed by atoms with E-state index in [1.54, 1.807) is 18.0 Å².